The van der Waals surface area contributed by atoms with Crippen molar-refractivity contribution < 1.29 is 9.59 Å². The monoisotopic (exact) mass is 509 g/mol. The molecule has 0 unspecified atom stereocenters. The van der Waals surface area contributed by atoms with Gasteiger partial charge in [-0.05, 0) is 24.3 Å². The maximum atomic E-state index is 13.4. The van der Waals surface area contributed by atoms with Crippen molar-refractivity contribution in [2.75, 3.05) is 23.7 Å². The number of nitrogens with one attached hydrogen (secondary N) is 3. The van der Waals surface area contributed by atoms with Crippen LogP contribution in [0.1, 0.15) is 17.4 Å². The first-order valence-corrected chi connectivity index (χ1v) is 12.4. The molecule has 0 saturated carbocycles. The Labute approximate surface area is 217 Å². The van der Waals surface area contributed by atoms with Gasteiger partial charge in [-0.3, -0.25) is 9.59 Å². The third-order valence-corrected chi connectivity index (χ3v) is 6.38. The van der Waals surface area contributed by atoms with Crippen molar-refractivity contribution in [1.82, 2.24) is 25.3 Å². The van der Waals surface area contributed by atoms with Crippen molar-refractivity contribution in [3.05, 3.63) is 84.7 Å². The molecule has 0 spiro atoms. The molecule has 0 aliphatic carbocycles. The maximum Gasteiger partial charge on any atom is 0.274 e. The number of pyridine rings is 1. The number of fused-ring (bicyclic) bond motifs is 1. The Morgan fingerprint density at radius 1 is 0.892 bits per heavy atom. The van der Waals surface area contributed by atoms with Crippen LogP contribution in [0.4, 0.5) is 11.5 Å². The van der Waals surface area contributed by atoms with Gasteiger partial charge in [0.05, 0.1) is 5.69 Å². The summed E-state index contributed by atoms with van der Waals surface area (Å²) in [6.07, 6.45) is 1.74. The molecular formula is C27H23N7O2S. The lowest BCUT2D eigenvalue weighted by atomic mass is 10.1. The average molecular weight is 510 g/mol. The number of hydrogen-bond donors (Lipinski definition) is 3. The third-order valence-electron chi connectivity index (χ3n) is 5.37. The molecule has 0 fully saturated rings. The second-order valence-corrected chi connectivity index (χ2v) is 9.06. The molecule has 0 radical (unpaired) electrons. The Morgan fingerprint density at radius 3 is 2.51 bits per heavy atom. The van der Waals surface area contributed by atoms with Crippen LogP contribution < -0.4 is 16.0 Å². The minimum atomic E-state index is -0.379. The highest BCUT2D eigenvalue weighted by atomic mass is 32.1. The van der Waals surface area contributed by atoms with Crippen LogP contribution in [0, 0.1) is 0 Å². The largest absolute Gasteiger partial charge is 0.368 e. The normalized spacial score (nSPS) is 10.7. The molecule has 10 heteroatoms. The zero-order valence-electron chi connectivity index (χ0n) is 19.9. The Kier molecular flexibility index (Phi) is 7.09. The van der Waals surface area contributed by atoms with Gasteiger partial charge in [-0.1, -0.05) is 53.8 Å². The summed E-state index contributed by atoms with van der Waals surface area (Å²) in [5.41, 5.74) is 3.21. The van der Waals surface area contributed by atoms with Gasteiger partial charge in [0.25, 0.3) is 5.91 Å². The summed E-state index contributed by atoms with van der Waals surface area (Å²) >= 11 is 1.46. The molecule has 2 aromatic carbocycles. The number of carbonyl (C=O) groups is 2. The minimum Gasteiger partial charge on any atom is -0.368 e. The van der Waals surface area contributed by atoms with Gasteiger partial charge in [-0.2, -0.15) is 0 Å². The van der Waals surface area contributed by atoms with E-state index in [0.717, 1.165) is 26.5 Å². The zero-order valence-corrected chi connectivity index (χ0v) is 20.7. The summed E-state index contributed by atoms with van der Waals surface area (Å²) in [5, 5.41) is 9.64. The van der Waals surface area contributed by atoms with Crippen LogP contribution in [0.5, 0.6) is 0 Å². The summed E-state index contributed by atoms with van der Waals surface area (Å²) in [7, 11) is 0. The van der Waals surface area contributed by atoms with Crippen LogP contribution in [-0.4, -0.2) is 44.8 Å². The first-order valence-electron chi connectivity index (χ1n) is 11.6. The standard InChI is InChI=1S/C27H23N7O2S/c1-17(35)28-14-15-29-23-16-22(31-24(34-23)18-8-3-2-4-9-18)25(36)32-20-11-6-5-10-19(20)26-33-21-12-7-13-30-27(21)37-26/h2-13,16H,14-15H2,1H3,(H,28,35)(H,32,36)(H,29,31,34). The second-order valence-electron chi connectivity index (χ2n) is 8.08. The summed E-state index contributed by atoms with van der Waals surface area (Å²) in [6.45, 7) is 2.33. The number of thiazole rings is 1. The first kappa shape index (κ1) is 24.0. The topological polar surface area (TPSA) is 122 Å². The van der Waals surface area contributed by atoms with Crippen LogP contribution in [0.2, 0.25) is 0 Å². The highest BCUT2D eigenvalue weighted by Crippen LogP contribution is 2.33. The van der Waals surface area contributed by atoms with E-state index in [-0.39, 0.29) is 17.5 Å². The molecule has 0 aliphatic rings. The van der Waals surface area contributed by atoms with E-state index in [4.69, 9.17) is 0 Å². The Balaban J connectivity index is 1.44. The van der Waals surface area contributed by atoms with E-state index in [1.54, 1.807) is 12.3 Å². The number of para-hydroxylation sites is 1. The van der Waals surface area contributed by atoms with Gasteiger partial charge in [-0.15, -0.1) is 0 Å². The number of benzene rings is 2. The zero-order chi connectivity index (χ0) is 25.6. The molecule has 3 N–H and O–H groups in total. The van der Waals surface area contributed by atoms with Crippen LogP contribution >= 0.6 is 11.3 Å². The van der Waals surface area contributed by atoms with Crippen molar-refractivity contribution in [2.45, 2.75) is 6.92 Å². The van der Waals surface area contributed by atoms with E-state index in [1.807, 2.05) is 66.7 Å². The lowest BCUT2D eigenvalue weighted by Crippen LogP contribution is -2.26. The molecule has 2 amide bonds. The quantitative estimate of drug-likeness (QED) is 0.261. The van der Waals surface area contributed by atoms with Gasteiger partial charge in [0.2, 0.25) is 5.91 Å². The fourth-order valence-electron chi connectivity index (χ4n) is 3.65. The predicted octanol–water partition coefficient (Wildman–Crippen LogP) is 4.62. The number of hydrogen-bond acceptors (Lipinski definition) is 8. The molecule has 0 atom stereocenters. The van der Waals surface area contributed by atoms with Gasteiger partial charge in [0, 0.05) is 43.4 Å². The highest BCUT2D eigenvalue weighted by Gasteiger charge is 2.17. The maximum absolute atomic E-state index is 13.4. The first-order chi connectivity index (χ1) is 18.1. The molecule has 184 valence electrons. The SMILES string of the molecule is CC(=O)NCCNc1cc(C(=O)Nc2ccccc2-c2nc3cccnc3s2)nc(-c2ccccc2)n1. The van der Waals surface area contributed by atoms with Crippen molar-refractivity contribution in [3.63, 3.8) is 0 Å². The molecule has 37 heavy (non-hydrogen) atoms. The van der Waals surface area contributed by atoms with Gasteiger partial charge in [0.1, 0.15) is 26.9 Å². The van der Waals surface area contributed by atoms with E-state index >= 15 is 0 Å². The Hall–Kier alpha value is -4.70. The smallest absolute Gasteiger partial charge is 0.274 e. The number of carbonyl (C=O) groups excluding carboxylic acids is 2. The van der Waals surface area contributed by atoms with Gasteiger partial charge in [-0.25, -0.2) is 19.9 Å². The lowest BCUT2D eigenvalue weighted by molar-refractivity contribution is -0.118. The van der Waals surface area contributed by atoms with Crippen LogP contribution in [-0.2, 0) is 4.79 Å². The minimum absolute atomic E-state index is 0.114. The Bertz CT molecular complexity index is 1540. The summed E-state index contributed by atoms with van der Waals surface area (Å²) in [6, 6.07) is 22.3. The number of nitrogens with zero attached hydrogens (tertiary/aromatic N) is 4. The molecule has 3 aromatic heterocycles. The number of rotatable bonds is 8. The number of anilines is 2. The number of aromatic nitrogens is 4. The lowest BCUT2D eigenvalue weighted by Gasteiger charge is -2.12. The van der Waals surface area contributed by atoms with Gasteiger partial charge >= 0.3 is 0 Å². The Morgan fingerprint density at radius 2 is 1.70 bits per heavy atom. The predicted molar refractivity (Wildman–Crippen MR) is 145 cm³/mol. The van der Waals surface area contributed by atoms with E-state index in [1.165, 1.54) is 18.3 Å². The van der Waals surface area contributed by atoms with E-state index in [2.05, 4.69) is 35.9 Å². The van der Waals surface area contributed by atoms with E-state index < -0.39 is 0 Å². The summed E-state index contributed by atoms with van der Waals surface area (Å²) in [5.74, 6) is 0.406. The fourth-order valence-corrected chi connectivity index (χ4v) is 4.60. The van der Waals surface area contributed by atoms with Crippen molar-refractivity contribution in [1.29, 1.82) is 0 Å². The number of amides is 2. The summed E-state index contributed by atoms with van der Waals surface area (Å²) in [4.78, 5) is 43.6. The summed E-state index contributed by atoms with van der Waals surface area (Å²) < 4.78 is 0. The average Bonchev–Trinajstić information content (AvgIpc) is 3.36. The van der Waals surface area contributed by atoms with Crippen LogP contribution in [0.3, 0.4) is 0 Å². The van der Waals surface area contributed by atoms with Crippen molar-refractivity contribution >= 4 is 45.0 Å². The third kappa shape index (κ3) is 5.76. The molecule has 0 saturated heterocycles. The van der Waals surface area contributed by atoms with Crippen molar-refractivity contribution in [2.24, 2.45) is 0 Å². The van der Waals surface area contributed by atoms with Gasteiger partial charge in [0.15, 0.2) is 5.82 Å². The van der Waals surface area contributed by atoms with Crippen LogP contribution in [0.15, 0.2) is 79.0 Å². The van der Waals surface area contributed by atoms with Gasteiger partial charge < -0.3 is 16.0 Å². The molecular weight excluding hydrogens is 486 g/mol. The second kappa shape index (κ2) is 10.9. The highest BCUT2D eigenvalue weighted by molar-refractivity contribution is 7.21. The van der Waals surface area contributed by atoms with Crippen molar-refractivity contribution in [3.8, 4) is 22.0 Å². The molecule has 9 nitrogen and oxygen atoms in total. The molecule has 0 bridgehead atoms. The molecule has 5 aromatic rings. The molecule has 5 rings (SSSR count). The van der Waals surface area contributed by atoms with E-state index in [0.29, 0.717) is 30.4 Å². The molecule has 3 heterocycles. The van der Waals surface area contributed by atoms with Crippen LogP contribution in [0.25, 0.3) is 32.3 Å². The molecule has 0 aliphatic heterocycles. The van der Waals surface area contributed by atoms with E-state index in [9.17, 15) is 9.59 Å². The fraction of sp³-hybridized carbons (Fsp3) is 0.111.